The van der Waals surface area contributed by atoms with Gasteiger partial charge in [-0.1, -0.05) is 12.1 Å². The number of Topliss-reactive ketones (excluding diaryl/α,β-unsaturated/α-hetero) is 1. The van der Waals surface area contributed by atoms with E-state index in [-0.39, 0.29) is 18.0 Å². The van der Waals surface area contributed by atoms with Crippen LogP contribution in [0.4, 0.5) is 4.39 Å². The Morgan fingerprint density at radius 2 is 2.11 bits per heavy atom. The van der Waals surface area contributed by atoms with Gasteiger partial charge in [0.05, 0.1) is 12.1 Å². The highest BCUT2D eigenvalue weighted by Crippen LogP contribution is 2.17. The van der Waals surface area contributed by atoms with Crippen LogP contribution in [0, 0.1) is 19.7 Å². The summed E-state index contributed by atoms with van der Waals surface area (Å²) in [5.74, 6) is -0.240. The number of rotatable bonds is 4. The molecular formula is C14H14FNOS. The Kier molecular flexibility index (Phi) is 3.87. The van der Waals surface area contributed by atoms with Gasteiger partial charge < -0.3 is 0 Å². The van der Waals surface area contributed by atoms with Crippen molar-refractivity contribution in [3.05, 3.63) is 51.2 Å². The monoisotopic (exact) mass is 263 g/mol. The lowest BCUT2D eigenvalue weighted by atomic mass is 10.1. The van der Waals surface area contributed by atoms with E-state index < -0.39 is 0 Å². The van der Waals surface area contributed by atoms with Crippen molar-refractivity contribution in [2.45, 2.75) is 26.7 Å². The van der Waals surface area contributed by atoms with Gasteiger partial charge in [-0.2, -0.15) is 0 Å². The van der Waals surface area contributed by atoms with E-state index >= 15 is 0 Å². The molecule has 4 heteroatoms. The normalized spacial score (nSPS) is 10.6. The van der Waals surface area contributed by atoms with Crippen LogP contribution in [-0.2, 0) is 17.6 Å². The Hall–Kier alpha value is -1.55. The molecule has 0 aliphatic heterocycles. The minimum atomic E-state index is -0.304. The standard InChI is InChI=1S/C14H14FNOS/c1-9-10(2)18-14(16-9)8-13(17)7-11-4-3-5-12(15)6-11/h3-6H,7-8H2,1-2H3. The first-order valence-corrected chi connectivity index (χ1v) is 6.55. The molecule has 0 atom stereocenters. The highest BCUT2D eigenvalue weighted by atomic mass is 32.1. The van der Waals surface area contributed by atoms with E-state index in [4.69, 9.17) is 0 Å². The third-order valence-electron chi connectivity index (χ3n) is 2.71. The number of hydrogen-bond donors (Lipinski definition) is 0. The lowest BCUT2D eigenvalue weighted by Gasteiger charge is -1.99. The fourth-order valence-electron chi connectivity index (χ4n) is 1.72. The Balaban J connectivity index is 2.01. The fourth-order valence-corrected chi connectivity index (χ4v) is 2.68. The molecule has 0 bridgehead atoms. The predicted molar refractivity (Wildman–Crippen MR) is 70.4 cm³/mol. The number of hydrogen-bond acceptors (Lipinski definition) is 3. The quantitative estimate of drug-likeness (QED) is 0.847. The van der Waals surface area contributed by atoms with E-state index in [1.54, 1.807) is 23.5 Å². The highest BCUT2D eigenvalue weighted by Gasteiger charge is 2.10. The number of benzene rings is 1. The molecule has 0 spiro atoms. The van der Waals surface area contributed by atoms with Gasteiger partial charge in [0, 0.05) is 11.3 Å². The van der Waals surface area contributed by atoms with Crippen LogP contribution in [0.25, 0.3) is 0 Å². The second-order valence-electron chi connectivity index (χ2n) is 4.27. The van der Waals surface area contributed by atoms with Crippen LogP contribution in [0.5, 0.6) is 0 Å². The summed E-state index contributed by atoms with van der Waals surface area (Å²) in [7, 11) is 0. The van der Waals surface area contributed by atoms with Crippen molar-refractivity contribution in [2.24, 2.45) is 0 Å². The molecule has 2 aromatic rings. The van der Waals surface area contributed by atoms with Crippen LogP contribution >= 0.6 is 11.3 Å². The van der Waals surface area contributed by atoms with E-state index in [9.17, 15) is 9.18 Å². The summed E-state index contributed by atoms with van der Waals surface area (Å²) < 4.78 is 13.0. The maximum Gasteiger partial charge on any atom is 0.144 e. The largest absolute Gasteiger partial charge is 0.299 e. The number of nitrogens with zero attached hydrogens (tertiary/aromatic N) is 1. The van der Waals surface area contributed by atoms with Crippen molar-refractivity contribution in [3.63, 3.8) is 0 Å². The summed E-state index contributed by atoms with van der Waals surface area (Å²) in [6, 6.07) is 6.16. The van der Waals surface area contributed by atoms with Gasteiger partial charge in [-0.15, -0.1) is 11.3 Å². The van der Waals surface area contributed by atoms with Crippen LogP contribution in [-0.4, -0.2) is 10.8 Å². The Morgan fingerprint density at radius 3 is 2.72 bits per heavy atom. The third-order valence-corrected chi connectivity index (χ3v) is 3.78. The van der Waals surface area contributed by atoms with Gasteiger partial charge in [-0.3, -0.25) is 4.79 Å². The molecule has 1 heterocycles. The first-order chi connectivity index (χ1) is 8.54. The van der Waals surface area contributed by atoms with Gasteiger partial charge in [0.25, 0.3) is 0 Å². The molecule has 2 nitrogen and oxygen atoms in total. The number of aryl methyl sites for hydroxylation is 2. The zero-order chi connectivity index (χ0) is 13.1. The predicted octanol–water partition coefficient (Wildman–Crippen LogP) is 3.25. The molecule has 0 saturated heterocycles. The van der Waals surface area contributed by atoms with E-state index in [0.29, 0.717) is 12.0 Å². The van der Waals surface area contributed by atoms with Crippen molar-refractivity contribution in [1.29, 1.82) is 0 Å². The number of ketones is 1. The number of carbonyl (C=O) groups excluding carboxylic acids is 1. The minimum Gasteiger partial charge on any atom is -0.299 e. The van der Waals surface area contributed by atoms with E-state index in [1.807, 2.05) is 13.8 Å². The molecule has 0 aliphatic rings. The summed E-state index contributed by atoms with van der Waals surface area (Å²) >= 11 is 1.55. The molecule has 0 radical (unpaired) electrons. The topological polar surface area (TPSA) is 30.0 Å². The van der Waals surface area contributed by atoms with Gasteiger partial charge >= 0.3 is 0 Å². The first kappa shape index (κ1) is 12.9. The molecule has 0 aliphatic carbocycles. The molecule has 2 rings (SSSR count). The van der Waals surface area contributed by atoms with Crippen molar-refractivity contribution in [3.8, 4) is 0 Å². The highest BCUT2D eigenvalue weighted by molar-refractivity contribution is 7.11. The number of aromatic nitrogens is 1. The van der Waals surface area contributed by atoms with Gasteiger partial charge in [0.1, 0.15) is 16.6 Å². The SMILES string of the molecule is Cc1nc(CC(=O)Cc2cccc(F)c2)sc1C. The van der Waals surface area contributed by atoms with Gasteiger partial charge in [-0.05, 0) is 31.5 Å². The molecule has 0 fully saturated rings. The summed E-state index contributed by atoms with van der Waals surface area (Å²) in [5.41, 5.74) is 1.69. The Labute approximate surface area is 110 Å². The van der Waals surface area contributed by atoms with Crippen molar-refractivity contribution >= 4 is 17.1 Å². The molecule has 0 saturated carbocycles. The van der Waals surface area contributed by atoms with Crippen LogP contribution in [0.1, 0.15) is 21.1 Å². The molecule has 18 heavy (non-hydrogen) atoms. The Bertz CT molecular complexity index is 557. The van der Waals surface area contributed by atoms with Crippen LogP contribution < -0.4 is 0 Å². The van der Waals surface area contributed by atoms with Gasteiger partial charge in [0.15, 0.2) is 0 Å². The van der Waals surface area contributed by atoms with Crippen LogP contribution in [0.2, 0.25) is 0 Å². The second kappa shape index (κ2) is 5.40. The van der Waals surface area contributed by atoms with Gasteiger partial charge in [-0.25, -0.2) is 9.37 Å². The molecular weight excluding hydrogens is 249 g/mol. The van der Waals surface area contributed by atoms with Crippen LogP contribution in [0.15, 0.2) is 24.3 Å². The maximum absolute atomic E-state index is 13.0. The molecule has 0 amide bonds. The van der Waals surface area contributed by atoms with Crippen LogP contribution in [0.3, 0.4) is 0 Å². The fraction of sp³-hybridized carbons (Fsp3) is 0.286. The van der Waals surface area contributed by atoms with E-state index in [1.165, 1.54) is 12.1 Å². The summed E-state index contributed by atoms with van der Waals surface area (Å²) in [4.78, 5) is 17.3. The van der Waals surface area contributed by atoms with Crippen molar-refractivity contribution < 1.29 is 9.18 Å². The Morgan fingerprint density at radius 1 is 1.33 bits per heavy atom. The minimum absolute atomic E-state index is 0.0642. The van der Waals surface area contributed by atoms with E-state index in [0.717, 1.165) is 15.6 Å². The number of thiazole rings is 1. The smallest absolute Gasteiger partial charge is 0.144 e. The molecule has 94 valence electrons. The molecule has 0 unspecified atom stereocenters. The number of halogens is 1. The third kappa shape index (κ3) is 3.23. The molecule has 1 aromatic heterocycles. The van der Waals surface area contributed by atoms with Crippen molar-refractivity contribution in [1.82, 2.24) is 4.98 Å². The average molecular weight is 263 g/mol. The first-order valence-electron chi connectivity index (χ1n) is 5.73. The van der Waals surface area contributed by atoms with Gasteiger partial charge in [0.2, 0.25) is 0 Å². The molecule has 0 N–H and O–H groups in total. The average Bonchev–Trinajstić information content (AvgIpc) is 2.57. The number of carbonyl (C=O) groups is 1. The summed E-state index contributed by atoms with van der Waals surface area (Å²) in [6.45, 7) is 3.93. The molecule has 1 aromatic carbocycles. The zero-order valence-corrected chi connectivity index (χ0v) is 11.2. The lowest BCUT2D eigenvalue weighted by Crippen LogP contribution is -2.06. The van der Waals surface area contributed by atoms with E-state index in [2.05, 4.69) is 4.98 Å². The van der Waals surface area contributed by atoms with Crippen molar-refractivity contribution in [2.75, 3.05) is 0 Å². The zero-order valence-electron chi connectivity index (χ0n) is 10.4. The second-order valence-corrected chi connectivity index (χ2v) is 5.56. The lowest BCUT2D eigenvalue weighted by molar-refractivity contribution is -0.117. The maximum atomic E-state index is 13.0. The summed E-state index contributed by atoms with van der Waals surface area (Å²) in [5, 5.41) is 0.839. The summed E-state index contributed by atoms with van der Waals surface area (Å²) in [6.07, 6.45) is 0.589.